The molecule has 0 amide bonds. The van der Waals surface area contributed by atoms with Crippen molar-refractivity contribution in [2.24, 2.45) is 5.92 Å². The zero-order chi connectivity index (χ0) is 12.7. The first-order valence-electron chi connectivity index (χ1n) is 6.73. The van der Waals surface area contributed by atoms with Crippen LogP contribution in [0.5, 0.6) is 0 Å². The fourth-order valence-electron chi connectivity index (χ4n) is 3.51. The lowest BCUT2D eigenvalue weighted by Gasteiger charge is -2.44. The van der Waals surface area contributed by atoms with Crippen LogP contribution in [0, 0.1) is 5.92 Å². The lowest BCUT2D eigenvalue weighted by Crippen LogP contribution is -2.50. The third-order valence-electron chi connectivity index (χ3n) is 4.25. The third-order valence-corrected chi connectivity index (χ3v) is 4.25. The van der Waals surface area contributed by atoms with E-state index in [1.54, 1.807) is 6.07 Å². The molecule has 0 unspecified atom stereocenters. The van der Waals surface area contributed by atoms with Crippen LogP contribution in [-0.4, -0.2) is 43.2 Å². The smallest absolute Gasteiger partial charge is 0.251 e. The van der Waals surface area contributed by atoms with E-state index < -0.39 is 0 Å². The molecule has 1 fully saturated rings. The first-order chi connectivity index (χ1) is 8.66. The molecular weight excluding hydrogens is 297 g/mol. The van der Waals surface area contributed by atoms with E-state index in [0.717, 1.165) is 19.6 Å². The van der Waals surface area contributed by atoms with Gasteiger partial charge in [0.2, 0.25) is 0 Å². The molecule has 2 bridgehead atoms. The lowest BCUT2D eigenvalue weighted by atomic mass is 9.79. The van der Waals surface area contributed by atoms with Gasteiger partial charge in [-0.15, -0.1) is 24.8 Å². The second-order valence-corrected chi connectivity index (χ2v) is 5.84. The van der Waals surface area contributed by atoms with E-state index in [0.29, 0.717) is 17.9 Å². The number of nitrogens with one attached hydrogen (secondary N) is 1. The van der Waals surface area contributed by atoms with E-state index in [-0.39, 0.29) is 30.4 Å². The van der Waals surface area contributed by atoms with E-state index in [1.807, 2.05) is 6.07 Å². The number of hydrogen-bond donors (Lipinski definition) is 1. The van der Waals surface area contributed by atoms with Crippen LogP contribution in [0.15, 0.2) is 23.0 Å². The molecular formula is C14H23Cl2N3O. The summed E-state index contributed by atoms with van der Waals surface area (Å²) in [7, 11) is 4.16. The monoisotopic (exact) mass is 319 g/mol. The summed E-state index contributed by atoms with van der Waals surface area (Å²) in [6.45, 7) is 2.99. The van der Waals surface area contributed by atoms with Crippen LogP contribution in [0.2, 0.25) is 0 Å². The van der Waals surface area contributed by atoms with E-state index in [1.165, 1.54) is 12.1 Å². The largest absolute Gasteiger partial charge is 0.316 e. The van der Waals surface area contributed by atoms with Gasteiger partial charge in [0.25, 0.3) is 5.56 Å². The van der Waals surface area contributed by atoms with Gasteiger partial charge < -0.3 is 14.8 Å². The molecule has 0 saturated carbocycles. The van der Waals surface area contributed by atoms with Crippen molar-refractivity contribution in [2.45, 2.75) is 18.4 Å². The van der Waals surface area contributed by atoms with Crippen molar-refractivity contribution in [3.05, 3.63) is 34.2 Å². The summed E-state index contributed by atoms with van der Waals surface area (Å²) in [5.74, 6) is 1.09. The van der Waals surface area contributed by atoms with Crippen molar-refractivity contribution < 1.29 is 0 Å². The fraction of sp³-hybridized carbons (Fsp3) is 0.643. The summed E-state index contributed by atoms with van der Waals surface area (Å²) in [6.07, 6.45) is 1.22. The summed E-state index contributed by atoms with van der Waals surface area (Å²) in [6, 6.07) is 6.03. The van der Waals surface area contributed by atoms with Gasteiger partial charge in [0.15, 0.2) is 0 Å². The average Bonchev–Trinajstić information content (AvgIpc) is 2.35. The molecule has 0 radical (unpaired) electrons. The number of aromatic nitrogens is 1. The number of hydrogen-bond acceptors (Lipinski definition) is 3. The quantitative estimate of drug-likeness (QED) is 0.897. The first kappa shape index (κ1) is 17.5. The maximum absolute atomic E-state index is 12.2. The Bertz CT molecular complexity index is 503. The van der Waals surface area contributed by atoms with Crippen LogP contribution >= 0.6 is 24.8 Å². The molecule has 3 atom stereocenters. The molecule has 3 rings (SSSR count). The van der Waals surface area contributed by atoms with Gasteiger partial charge in [-0.05, 0) is 32.5 Å². The predicted octanol–water partition coefficient (Wildman–Crippen LogP) is 1.50. The number of pyridine rings is 1. The maximum Gasteiger partial charge on any atom is 0.251 e. The van der Waals surface area contributed by atoms with Gasteiger partial charge in [-0.3, -0.25) is 4.79 Å². The number of likely N-dealkylation sites (N-methyl/N-ethyl adjacent to an activating group) is 1. The van der Waals surface area contributed by atoms with E-state index >= 15 is 0 Å². The second-order valence-electron chi connectivity index (χ2n) is 5.84. The van der Waals surface area contributed by atoms with E-state index in [9.17, 15) is 4.79 Å². The fourth-order valence-corrected chi connectivity index (χ4v) is 3.51. The Kier molecular flexibility index (Phi) is 6.07. The molecule has 0 aliphatic carbocycles. The van der Waals surface area contributed by atoms with Gasteiger partial charge in [-0.2, -0.15) is 0 Å². The molecule has 1 aromatic rings. The Morgan fingerprint density at radius 2 is 2.05 bits per heavy atom. The average molecular weight is 320 g/mol. The molecule has 114 valence electrons. The SMILES string of the molecule is CN(C)C[C@H]1[C@@H]2CNC[C@@H](C2)c2cccc(=O)n21.Cl.Cl. The lowest BCUT2D eigenvalue weighted by molar-refractivity contribution is 0.162. The summed E-state index contributed by atoms with van der Waals surface area (Å²) in [5, 5.41) is 3.52. The minimum absolute atomic E-state index is 0. The molecule has 3 heterocycles. The van der Waals surface area contributed by atoms with Gasteiger partial charge in [-0.1, -0.05) is 6.07 Å². The molecule has 20 heavy (non-hydrogen) atoms. The second kappa shape index (κ2) is 6.94. The zero-order valence-corrected chi connectivity index (χ0v) is 13.5. The molecule has 0 spiro atoms. The van der Waals surface area contributed by atoms with Crippen LogP contribution in [0.25, 0.3) is 0 Å². The number of rotatable bonds is 2. The Labute approximate surface area is 132 Å². The van der Waals surface area contributed by atoms with Crippen LogP contribution in [-0.2, 0) is 0 Å². The first-order valence-corrected chi connectivity index (χ1v) is 6.73. The third kappa shape index (κ3) is 3.03. The minimum atomic E-state index is 0. The molecule has 6 heteroatoms. The number of nitrogens with zero attached hydrogens (tertiary/aromatic N) is 2. The number of piperidine rings is 1. The highest BCUT2D eigenvalue weighted by Gasteiger charge is 2.37. The highest BCUT2D eigenvalue weighted by Crippen LogP contribution is 2.38. The molecule has 1 saturated heterocycles. The highest BCUT2D eigenvalue weighted by molar-refractivity contribution is 5.85. The molecule has 2 aliphatic heterocycles. The van der Waals surface area contributed by atoms with Gasteiger partial charge in [0, 0.05) is 37.3 Å². The highest BCUT2D eigenvalue weighted by atomic mass is 35.5. The predicted molar refractivity (Wildman–Crippen MR) is 86.5 cm³/mol. The van der Waals surface area contributed by atoms with Crippen molar-refractivity contribution in [3.63, 3.8) is 0 Å². The van der Waals surface area contributed by atoms with Crippen LogP contribution in [0.4, 0.5) is 0 Å². The molecule has 0 aromatic carbocycles. The van der Waals surface area contributed by atoms with Crippen LogP contribution in [0.3, 0.4) is 0 Å². The Morgan fingerprint density at radius 1 is 1.30 bits per heavy atom. The van der Waals surface area contributed by atoms with Crippen molar-refractivity contribution in [1.82, 2.24) is 14.8 Å². The zero-order valence-electron chi connectivity index (χ0n) is 11.9. The molecule has 1 N–H and O–H groups in total. The summed E-state index contributed by atoms with van der Waals surface area (Å²) < 4.78 is 2.06. The van der Waals surface area contributed by atoms with E-state index in [2.05, 4.69) is 34.9 Å². The van der Waals surface area contributed by atoms with Crippen LogP contribution in [0.1, 0.15) is 24.1 Å². The van der Waals surface area contributed by atoms with Gasteiger partial charge in [-0.25, -0.2) is 0 Å². The van der Waals surface area contributed by atoms with Gasteiger partial charge >= 0.3 is 0 Å². The standard InChI is InChI=1S/C14H21N3O.2ClH/c1-16(2)9-13-11-6-10(7-15-8-11)12-4-3-5-14(18)17(12)13;;/h3-5,10-11,13,15H,6-9H2,1-2H3;2*1H/t10-,11+,13+;;/m1../s1. The Hall–Kier alpha value is -0.550. The number of halogens is 2. The van der Waals surface area contributed by atoms with Gasteiger partial charge in [0.05, 0.1) is 6.04 Å². The molecule has 1 aromatic heterocycles. The summed E-state index contributed by atoms with van der Waals surface area (Å²) in [5.41, 5.74) is 1.38. The topological polar surface area (TPSA) is 37.3 Å². The summed E-state index contributed by atoms with van der Waals surface area (Å²) in [4.78, 5) is 14.4. The maximum atomic E-state index is 12.2. The minimum Gasteiger partial charge on any atom is -0.316 e. The normalized spacial score (nSPS) is 27.2. The Morgan fingerprint density at radius 3 is 2.75 bits per heavy atom. The van der Waals surface area contributed by atoms with Crippen LogP contribution < -0.4 is 10.9 Å². The molecule has 4 nitrogen and oxygen atoms in total. The van der Waals surface area contributed by atoms with Crippen molar-refractivity contribution >= 4 is 24.8 Å². The van der Waals surface area contributed by atoms with Gasteiger partial charge in [0.1, 0.15) is 0 Å². The number of fused-ring (bicyclic) bond motifs is 4. The van der Waals surface area contributed by atoms with E-state index in [4.69, 9.17) is 0 Å². The Balaban J connectivity index is 0.000001000. The summed E-state index contributed by atoms with van der Waals surface area (Å²) >= 11 is 0. The van der Waals surface area contributed by atoms with Crippen molar-refractivity contribution in [3.8, 4) is 0 Å². The van der Waals surface area contributed by atoms with Crippen molar-refractivity contribution in [1.29, 1.82) is 0 Å². The van der Waals surface area contributed by atoms with Crippen molar-refractivity contribution in [2.75, 3.05) is 33.7 Å². The molecule has 2 aliphatic rings.